The third-order valence-electron chi connectivity index (χ3n) is 4.92. The number of rotatable bonds is 5. The van der Waals surface area contributed by atoms with E-state index in [2.05, 4.69) is 39.8 Å². The van der Waals surface area contributed by atoms with Gasteiger partial charge in [0.1, 0.15) is 0 Å². The zero-order valence-corrected chi connectivity index (χ0v) is 13.3. The molecule has 1 heterocycles. The zero-order chi connectivity index (χ0) is 15.2. The van der Waals surface area contributed by atoms with Crippen LogP contribution in [0.5, 0.6) is 0 Å². The highest BCUT2D eigenvalue weighted by molar-refractivity contribution is 5.78. The van der Waals surface area contributed by atoms with E-state index in [0.717, 1.165) is 26.2 Å². The molecule has 4 heteroatoms. The summed E-state index contributed by atoms with van der Waals surface area (Å²) in [6.07, 6.45) is 5.05. The van der Waals surface area contributed by atoms with Crippen molar-refractivity contribution in [1.29, 1.82) is 0 Å². The van der Waals surface area contributed by atoms with Gasteiger partial charge in [-0.05, 0) is 24.3 Å². The first-order valence-corrected chi connectivity index (χ1v) is 8.60. The number of nitrogens with zero attached hydrogens (tertiary/aromatic N) is 1. The molecule has 1 aromatic carbocycles. The lowest BCUT2D eigenvalue weighted by molar-refractivity contribution is -0.123. The first-order chi connectivity index (χ1) is 10.8. The van der Waals surface area contributed by atoms with E-state index >= 15 is 0 Å². The van der Waals surface area contributed by atoms with E-state index in [1.165, 1.54) is 31.2 Å². The lowest BCUT2D eigenvalue weighted by Crippen LogP contribution is -2.48. The van der Waals surface area contributed by atoms with Crippen molar-refractivity contribution in [2.24, 2.45) is 5.92 Å². The first kappa shape index (κ1) is 15.5. The van der Waals surface area contributed by atoms with Crippen LogP contribution in [-0.2, 0) is 4.79 Å². The number of carbonyl (C=O) groups is 1. The predicted octanol–water partition coefficient (Wildman–Crippen LogP) is 1.94. The highest BCUT2D eigenvalue weighted by Crippen LogP contribution is 2.35. The highest BCUT2D eigenvalue weighted by Gasteiger charge is 2.28. The average molecular weight is 301 g/mol. The molecule has 2 N–H and O–H groups in total. The number of hydrogen-bond donors (Lipinski definition) is 2. The molecule has 0 aromatic heterocycles. The van der Waals surface area contributed by atoms with Crippen LogP contribution in [0.15, 0.2) is 30.3 Å². The van der Waals surface area contributed by atoms with E-state index in [1.807, 2.05) is 6.07 Å². The van der Waals surface area contributed by atoms with Gasteiger partial charge in [0.05, 0.1) is 12.6 Å². The maximum absolute atomic E-state index is 12.5. The van der Waals surface area contributed by atoms with Crippen LogP contribution >= 0.6 is 0 Å². The summed E-state index contributed by atoms with van der Waals surface area (Å²) in [4.78, 5) is 14.7. The molecule has 4 nitrogen and oxygen atoms in total. The molecule has 1 unspecified atom stereocenters. The molecule has 1 saturated carbocycles. The van der Waals surface area contributed by atoms with Gasteiger partial charge in [-0.1, -0.05) is 43.2 Å². The maximum atomic E-state index is 12.5. The Kier molecular flexibility index (Phi) is 5.46. The van der Waals surface area contributed by atoms with Gasteiger partial charge in [0, 0.05) is 26.2 Å². The van der Waals surface area contributed by atoms with Crippen molar-refractivity contribution in [3.63, 3.8) is 0 Å². The number of amides is 1. The van der Waals surface area contributed by atoms with E-state index in [9.17, 15) is 4.79 Å². The number of carbonyl (C=O) groups excluding carboxylic acids is 1. The van der Waals surface area contributed by atoms with Gasteiger partial charge in [0.2, 0.25) is 5.91 Å². The van der Waals surface area contributed by atoms with Crippen molar-refractivity contribution in [2.75, 3.05) is 32.7 Å². The molecule has 0 bridgehead atoms. The predicted molar refractivity (Wildman–Crippen MR) is 88.6 cm³/mol. The fraction of sp³-hybridized carbons (Fsp3) is 0.611. The molecular formula is C18H27N3O. The van der Waals surface area contributed by atoms with E-state index in [1.54, 1.807) is 0 Å². The van der Waals surface area contributed by atoms with Crippen LogP contribution in [0.25, 0.3) is 0 Å². The fourth-order valence-electron chi connectivity index (χ4n) is 3.72. The quantitative estimate of drug-likeness (QED) is 0.873. The van der Waals surface area contributed by atoms with E-state index in [4.69, 9.17) is 0 Å². The SMILES string of the molecule is O=C(CN1CCNCC1)NC(c1ccccc1)C1CCCC1. The minimum Gasteiger partial charge on any atom is -0.348 e. The van der Waals surface area contributed by atoms with E-state index in [-0.39, 0.29) is 11.9 Å². The normalized spacial score (nSPS) is 21.6. The van der Waals surface area contributed by atoms with Crippen molar-refractivity contribution < 1.29 is 4.79 Å². The summed E-state index contributed by atoms with van der Waals surface area (Å²) in [5, 5.41) is 6.65. The average Bonchev–Trinajstić information content (AvgIpc) is 3.08. The molecule has 3 rings (SSSR count). The van der Waals surface area contributed by atoms with Crippen LogP contribution in [-0.4, -0.2) is 43.5 Å². The van der Waals surface area contributed by atoms with Crippen LogP contribution in [0.2, 0.25) is 0 Å². The summed E-state index contributed by atoms with van der Waals surface area (Å²) in [6, 6.07) is 10.7. The second-order valence-corrected chi connectivity index (χ2v) is 6.53. The van der Waals surface area contributed by atoms with Gasteiger partial charge in [-0.25, -0.2) is 0 Å². The third kappa shape index (κ3) is 4.08. The summed E-state index contributed by atoms with van der Waals surface area (Å²) < 4.78 is 0. The van der Waals surface area contributed by atoms with Gasteiger partial charge >= 0.3 is 0 Å². The van der Waals surface area contributed by atoms with Gasteiger partial charge < -0.3 is 10.6 Å². The van der Waals surface area contributed by atoms with E-state index < -0.39 is 0 Å². The monoisotopic (exact) mass is 301 g/mol. The molecule has 1 aromatic rings. The van der Waals surface area contributed by atoms with Crippen molar-refractivity contribution in [2.45, 2.75) is 31.7 Å². The lowest BCUT2D eigenvalue weighted by atomic mass is 9.91. The Bertz CT molecular complexity index is 464. The van der Waals surface area contributed by atoms with Crippen LogP contribution < -0.4 is 10.6 Å². The van der Waals surface area contributed by atoms with Gasteiger partial charge in [-0.2, -0.15) is 0 Å². The number of piperazine rings is 1. The third-order valence-corrected chi connectivity index (χ3v) is 4.92. The smallest absolute Gasteiger partial charge is 0.234 e. The maximum Gasteiger partial charge on any atom is 0.234 e. The summed E-state index contributed by atoms with van der Waals surface area (Å²) in [5.74, 6) is 0.761. The van der Waals surface area contributed by atoms with Crippen LogP contribution in [0.3, 0.4) is 0 Å². The Hall–Kier alpha value is -1.39. The Morgan fingerprint density at radius 1 is 1.18 bits per heavy atom. The van der Waals surface area contributed by atoms with Crippen molar-refractivity contribution in [3.8, 4) is 0 Å². The second-order valence-electron chi connectivity index (χ2n) is 6.53. The van der Waals surface area contributed by atoms with Gasteiger partial charge in [-0.3, -0.25) is 9.69 Å². The summed E-state index contributed by atoms with van der Waals surface area (Å²) >= 11 is 0. The molecule has 1 amide bonds. The summed E-state index contributed by atoms with van der Waals surface area (Å²) in [7, 11) is 0. The van der Waals surface area contributed by atoms with Crippen molar-refractivity contribution in [3.05, 3.63) is 35.9 Å². The Morgan fingerprint density at radius 3 is 2.55 bits per heavy atom. The van der Waals surface area contributed by atoms with Crippen LogP contribution in [0.4, 0.5) is 0 Å². The zero-order valence-electron chi connectivity index (χ0n) is 13.3. The molecule has 2 aliphatic rings. The first-order valence-electron chi connectivity index (χ1n) is 8.60. The van der Waals surface area contributed by atoms with Crippen molar-refractivity contribution in [1.82, 2.24) is 15.5 Å². The van der Waals surface area contributed by atoms with Crippen LogP contribution in [0, 0.1) is 5.92 Å². The Balaban J connectivity index is 1.63. The number of hydrogen-bond acceptors (Lipinski definition) is 3. The lowest BCUT2D eigenvalue weighted by Gasteiger charge is -2.29. The second kappa shape index (κ2) is 7.75. The van der Waals surface area contributed by atoms with Crippen LogP contribution in [0.1, 0.15) is 37.3 Å². The van der Waals surface area contributed by atoms with Gasteiger partial charge in [0.25, 0.3) is 0 Å². The molecule has 1 aliphatic heterocycles. The summed E-state index contributed by atoms with van der Waals surface area (Å²) in [6.45, 7) is 4.42. The minimum absolute atomic E-state index is 0.169. The number of nitrogens with one attached hydrogen (secondary N) is 2. The number of benzene rings is 1. The molecule has 0 radical (unpaired) electrons. The molecule has 1 atom stereocenters. The minimum atomic E-state index is 0.169. The highest BCUT2D eigenvalue weighted by atomic mass is 16.2. The molecule has 120 valence electrons. The Morgan fingerprint density at radius 2 is 1.86 bits per heavy atom. The molecule has 1 saturated heterocycles. The van der Waals surface area contributed by atoms with Gasteiger partial charge in [-0.15, -0.1) is 0 Å². The molecule has 22 heavy (non-hydrogen) atoms. The Labute approximate surface area is 133 Å². The molecular weight excluding hydrogens is 274 g/mol. The molecule has 0 spiro atoms. The largest absolute Gasteiger partial charge is 0.348 e. The van der Waals surface area contributed by atoms with Gasteiger partial charge in [0.15, 0.2) is 0 Å². The molecule has 1 aliphatic carbocycles. The topological polar surface area (TPSA) is 44.4 Å². The summed E-state index contributed by atoms with van der Waals surface area (Å²) in [5.41, 5.74) is 1.25. The standard InChI is InChI=1S/C18H27N3O/c22-17(14-21-12-10-19-11-13-21)20-18(16-8-4-5-9-16)15-6-2-1-3-7-15/h1-3,6-7,16,18-19H,4-5,8-14H2,(H,20,22). The fourth-order valence-corrected chi connectivity index (χ4v) is 3.72. The van der Waals surface area contributed by atoms with Crippen molar-refractivity contribution >= 4 is 5.91 Å². The molecule has 2 fully saturated rings. The van der Waals surface area contributed by atoms with E-state index in [0.29, 0.717) is 12.5 Å².